The molecule has 4 nitrogen and oxygen atoms in total. The third-order valence-electron chi connectivity index (χ3n) is 4.16. The zero-order chi connectivity index (χ0) is 15.7. The molecule has 3 rings (SSSR count). The number of aliphatic hydroxyl groups is 1. The second kappa shape index (κ2) is 5.81. The number of benzene rings is 2. The molecule has 2 atom stereocenters. The maximum atomic E-state index is 10.7. The molecule has 3 aromatic rings. The number of hydrogen-bond donors (Lipinski definition) is 1. The fourth-order valence-electron chi connectivity index (χ4n) is 2.80. The molecule has 4 heteroatoms. The number of imidazole rings is 1. The van der Waals surface area contributed by atoms with Crippen molar-refractivity contribution in [2.45, 2.75) is 18.9 Å². The third kappa shape index (κ3) is 2.46. The van der Waals surface area contributed by atoms with E-state index in [0.717, 1.165) is 28.2 Å². The van der Waals surface area contributed by atoms with Crippen LogP contribution in [0.15, 0.2) is 48.5 Å². The molecule has 0 unspecified atom stereocenters. The Kier molecular flexibility index (Phi) is 3.86. The molecule has 1 heterocycles. The number of nitrogens with zero attached hydrogens (tertiary/aromatic N) is 2. The second-order valence-corrected chi connectivity index (χ2v) is 5.52. The van der Waals surface area contributed by atoms with Crippen LogP contribution in [-0.4, -0.2) is 21.8 Å². The number of hydrogen-bond acceptors (Lipinski definition) is 3. The Balaban J connectivity index is 1.93. The summed E-state index contributed by atoms with van der Waals surface area (Å²) in [6.07, 6.45) is -0.610. The zero-order valence-electron chi connectivity index (χ0n) is 13.0. The number of ether oxygens (including phenoxy) is 1. The molecule has 1 N–H and O–H groups in total. The van der Waals surface area contributed by atoms with Crippen molar-refractivity contribution in [2.75, 3.05) is 7.11 Å². The highest BCUT2D eigenvalue weighted by Gasteiger charge is 2.23. The number of aryl methyl sites for hydroxylation is 1. The quantitative estimate of drug-likeness (QED) is 0.802. The van der Waals surface area contributed by atoms with Gasteiger partial charge in [0.15, 0.2) is 0 Å². The Labute approximate surface area is 130 Å². The van der Waals surface area contributed by atoms with Gasteiger partial charge in [0.05, 0.1) is 24.2 Å². The van der Waals surface area contributed by atoms with Crippen LogP contribution >= 0.6 is 0 Å². The molecular formula is C18H20N2O2. The number of para-hydroxylation sites is 2. The highest BCUT2D eigenvalue weighted by atomic mass is 16.5. The minimum absolute atomic E-state index is 0.106. The monoisotopic (exact) mass is 296 g/mol. The first-order chi connectivity index (χ1) is 10.6. The van der Waals surface area contributed by atoms with Crippen LogP contribution in [-0.2, 0) is 7.05 Å². The van der Waals surface area contributed by atoms with Crippen molar-refractivity contribution in [1.82, 2.24) is 9.55 Å². The molecule has 0 amide bonds. The lowest BCUT2D eigenvalue weighted by atomic mass is 9.96. The minimum Gasteiger partial charge on any atom is -0.497 e. The summed E-state index contributed by atoms with van der Waals surface area (Å²) in [5.41, 5.74) is 2.89. The van der Waals surface area contributed by atoms with Crippen molar-refractivity contribution >= 4 is 11.0 Å². The van der Waals surface area contributed by atoms with Crippen LogP contribution in [0.25, 0.3) is 11.0 Å². The molecule has 114 valence electrons. The van der Waals surface area contributed by atoms with Gasteiger partial charge in [0.2, 0.25) is 0 Å². The van der Waals surface area contributed by atoms with Crippen LogP contribution in [0.5, 0.6) is 5.75 Å². The Morgan fingerprint density at radius 3 is 2.41 bits per heavy atom. The molecule has 0 bridgehead atoms. The van der Waals surface area contributed by atoms with Gasteiger partial charge in [0, 0.05) is 13.0 Å². The Hall–Kier alpha value is -2.33. The summed E-state index contributed by atoms with van der Waals surface area (Å²) in [6.45, 7) is 2.00. The highest BCUT2D eigenvalue weighted by molar-refractivity contribution is 5.75. The topological polar surface area (TPSA) is 47.3 Å². The summed E-state index contributed by atoms with van der Waals surface area (Å²) in [7, 11) is 3.62. The highest BCUT2D eigenvalue weighted by Crippen LogP contribution is 2.32. The van der Waals surface area contributed by atoms with Gasteiger partial charge in [-0.15, -0.1) is 0 Å². The van der Waals surface area contributed by atoms with E-state index in [9.17, 15) is 5.11 Å². The molecular weight excluding hydrogens is 276 g/mol. The van der Waals surface area contributed by atoms with Gasteiger partial charge in [-0.2, -0.15) is 0 Å². The zero-order valence-corrected chi connectivity index (χ0v) is 13.0. The van der Waals surface area contributed by atoms with Crippen molar-refractivity contribution in [3.63, 3.8) is 0 Å². The number of fused-ring (bicyclic) bond motifs is 1. The minimum atomic E-state index is -0.610. The molecule has 0 aliphatic rings. The first kappa shape index (κ1) is 14.6. The predicted molar refractivity (Wildman–Crippen MR) is 87.1 cm³/mol. The SMILES string of the molecule is COc1ccc([C@@H](O)[C@@H](C)c2nc3ccccc3n2C)cc1. The molecule has 0 aliphatic carbocycles. The number of methoxy groups -OCH3 is 1. The Morgan fingerprint density at radius 1 is 1.09 bits per heavy atom. The van der Waals surface area contributed by atoms with E-state index >= 15 is 0 Å². The number of aliphatic hydroxyl groups excluding tert-OH is 1. The molecule has 0 saturated heterocycles. The summed E-state index contributed by atoms with van der Waals surface area (Å²) >= 11 is 0. The van der Waals surface area contributed by atoms with Crippen LogP contribution in [0.2, 0.25) is 0 Å². The van der Waals surface area contributed by atoms with Gasteiger partial charge in [-0.3, -0.25) is 0 Å². The van der Waals surface area contributed by atoms with Crippen molar-refractivity contribution in [3.8, 4) is 5.75 Å². The molecule has 0 aliphatic heterocycles. The van der Waals surface area contributed by atoms with Crippen molar-refractivity contribution in [3.05, 3.63) is 59.9 Å². The van der Waals surface area contributed by atoms with E-state index in [2.05, 4.69) is 4.98 Å². The largest absolute Gasteiger partial charge is 0.497 e. The van der Waals surface area contributed by atoms with E-state index in [4.69, 9.17) is 4.74 Å². The van der Waals surface area contributed by atoms with Crippen LogP contribution in [0, 0.1) is 0 Å². The lowest BCUT2D eigenvalue weighted by Crippen LogP contribution is -2.12. The molecule has 22 heavy (non-hydrogen) atoms. The molecule has 0 saturated carbocycles. The van der Waals surface area contributed by atoms with Crippen molar-refractivity contribution in [2.24, 2.45) is 7.05 Å². The summed E-state index contributed by atoms with van der Waals surface area (Å²) < 4.78 is 7.20. The van der Waals surface area contributed by atoms with Gasteiger partial charge < -0.3 is 14.4 Å². The average Bonchev–Trinajstić information content (AvgIpc) is 2.91. The van der Waals surface area contributed by atoms with E-state index in [1.807, 2.05) is 67.1 Å². The van der Waals surface area contributed by atoms with Crippen molar-refractivity contribution < 1.29 is 9.84 Å². The summed E-state index contributed by atoms with van der Waals surface area (Å²) in [6, 6.07) is 15.5. The first-order valence-corrected chi connectivity index (χ1v) is 7.35. The van der Waals surface area contributed by atoms with Gasteiger partial charge in [-0.25, -0.2) is 4.98 Å². The van der Waals surface area contributed by atoms with Gasteiger partial charge in [-0.05, 0) is 29.8 Å². The van der Waals surface area contributed by atoms with Crippen LogP contribution < -0.4 is 4.74 Å². The van der Waals surface area contributed by atoms with Gasteiger partial charge in [0.25, 0.3) is 0 Å². The molecule has 0 fully saturated rings. The Bertz CT molecular complexity index is 777. The normalized spacial score (nSPS) is 14.0. The fraction of sp³-hybridized carbons (Fsp3) is 0.278. The second-order valence-electron chi connectivity index (χ2n) is 5.52. The van der Waals surface area contributed by atoms with Gasteiger partial charge in [0.1, 0.15) is 11.6 Å². The summed E-state index contributed by atoms with van der Waals surface area (Å²) in [4.78, 5) is 4.67. The van der Waals surface area contributed by atoms with E-state index in [1.165, 1.54) is 0 Å². The first-order valence-electron chi connectivity index (χ1n) is 7.35. The smallest absolute Gasteiger partial charge is 0.118 e. The standard InChI is InChI=1S/C18H20N2O2/c1-12(17(21)13-8-10-14(22-3)11-9-13)18-19-15-6-4-5-7-16(15)20(18)2/h4-12,17,21H,1-3H3/t12-,17+/m1/s1. The van der Waals surface area contributed by atoms with Crippen LogP contribution in [0.1, 0.15) is 30.3 Å². The van der Waals surface area contributed by atoms with E-state index in [-0.39, 0.29) is 5.92 Å². The average molecular weight is 296 g/mol. The van der Waals surface area contributed by atoms with Gasteiger partial charge >= 0.3 is 0 Å². The third-order valence-corrected chi connectivity index (χ3v) is 4.16. The predicted octanol–water partition coefficient (Wildman–Crippen LogP) is 3.42. The molecule has 1 aromatic heterocycles. The van der Waals surface area contributed by atoms with Crippen molar-refractivity contribution in [1.29, 1.82) is 0 Å². The number of aromatic nitrogens is 2. The summed E-state index contributed by atoms with van der Waals surface area (Å²) in [5.74, 6) is 1.56. The molecule has 0 radical (unpaired) electrons. The lowest BCUT2D eigenvalue weighted by Gasteiger charge is -2.19. The molecule has 2 aromatic carbocycles. The lowest BCUT2D eigenvalue weighted by molar-refractivity contribution is 0.147. The maximum Gasteiger partial charge on any atom is 0.118 e. The molecule has 0 spiro atoms. The van der Waals surface area contributed by atoms with E-state index in [1.54, 1.807) is 7.11 Å². The van der Waals surface area contributed by atoms with Gasteiger partial charge in [-0.1, -0.05) is 31.2 Å². The van der Waals surface area contributed by atoms with Crippen LogP contribution in [0.4, 0.5) is 0 Å². The maximum absolute atomic E-state index is 10.7. The van der Waals surface area contributed by atoms with Crippen LogP contribution in [0.3, 0.4) is 0 Å². The van der Waals surface area contributed by atoms with E-state index in [0.29, 0.717) is 0 Å². The Morgan fingerprint density at radius 2 is 1.77 bits per heavy atom. The van der Waals surface area contributed by atoms with E-state index < -0.39 is 6.10 Å². The fourth-order valence-corrected chi connectivity index (χ4v) is 2.80. The number of rotatable bonds is 4. The summed E-state index contributed by atoms with van der Waals surface area (Å²) in [5, 5.41) is 10.7.